The molecule has 0 aliphatic carbocycles. The second-order valence-electron chi connectivity index (χ2n) is 8.57. The van der Waals surface area contributed by atoms with Crippen LogP contribution >= 0.6 is 11.6 Å². The molecule has 3 aromatic rings. The van der Waals surface area contributed by atoms with Crippen LogP contribution in [0.4, 0.5) is 15.9 Å². The summed E-state index contributed by atoms with van der Waals surface area (Å²) in [5.74, 6) is 1.11. The minimum atomic E-state index is -0.488. The monoisotopic (exact) mass is 486 g/mol. The zero-order chi connectivity index (χ0) is 23.7. The van der Waals surface area contributed by atoms with Gasteiger partial charge in [-0.2, -0.15) is 0 Å². The molecule has 2 aliphatic rings. The molecule has 10 heteroatoms. The molecule has 2 aromatic carbocycles. The Morgan fingerprint density at radius 1 is 1.24 bits per heavy atom. The maximum Gasteiger partial charge on any atom is 0.306 e. The molecule has 0 bridgehead atoms. The van der Waals surface area contributed by atoms with Crippen LogP contribution in [-0.4, -0.2) is 59.8 Å². The number of halogens is 2. The van der Waals surface area contributed by atoms with Gasteiger partial charge in [-0.1, -0.05) is 11.6 Å². The minimum absolute atomic E-state index is 0.0215. The molecule has 2 fully saturated rings. The lowest BCUT2D eigenvalue weighted by Crippen LogP contribution is -2.61. The van der Waals surface area contributed by atoms with E-state index in [-0.39, 0.29) is 16.6 Å². The normalized spacial score (nSPS) is 17.0. The lowest BCUT2D eigenvalue weighted by molar-refractivity contribution is -0.163. The third-order valence-electron chi connectivity index (χ3n) is 6.12. The maximum atomic E-state index is 13.5. The Morgan fingerprint density at radius 3 is 2.82 bits per heavy atom. The van der Waals surface area contributed by atoms with Crippen molar-refractivity contribution in [2.45, 2.75) is 24.9 Å². The number of methoxy groups -OCH3 is 1. The number of ether oxygens (including phenoxy) is 3. The van der Waals surface area contributed by atoms with Crippen molar-refractivity contribution in [1.82, 2.24) is 14.9 Å². The number of anilines is 2. The molecule has 1 aromatic heterocycles. The Labute approximate surface area is 201 Å². The van der Waals surface area contributed by atoms with Crippen LogP contribution in [0.2, 0.25) is 5.02 Å². The van der Waals surface area contributed by atoms with Crippen LogP contribution in [-0.2, 0) is 9.53 Å². The maximum absolute atomic E-state index is 13.5. The number of hydrogen-bond acceptors (Lipinski definition) is 8. The summed E-state index contributed by atoms with van der Waals surface area (Å²) in [6.07, 6.45) is 3.59. The van der Waals surface area contributed by atoms with Crippen molar-refractivity contribution in [2.24, 2.45) is 0 Å². The number of fused-ring (bicyclic) bond motifs is 1. The van der Waals surface area contributed by atoms with E-state index in [0.717, 1.165) is 37.9 Å². The second kappa shape index (κ2) is 9.23. The van der Waals surface area contributed by atoms with Crippen molar-refractivity contribution < 1.29 is 23.4 Å². The summed E-state index contributed by atoms with van der Waals surface area (Å²) in [7, 11) is 1.58. The molecule has 3 heterocycles. The summed E-state index contributed by atoms with van der Waals surface area (Å²) in [4.78, 5) is 22.3. The molecular weight excluding hydrogens is 463 g/mol. The fourth-order valence-electron chi connectivity index (χ4n) is 4.44. The molecule has 2 saturated heterocycles. The molecule has 5 rings (SSSR count). The van der Waals surface area contributed by atoms with Gasteiger partial charge in [0.05, 0.1) is 24.3 Å². The van der Waals surface area contributed by atoms with Crippen LogP contribution in [0.15, 0.2) is 36.7 Å². The van der Waals surface area contributed by atoms with E-state index in [0.29, 0.717) is 41.5 Å². The number of hydrogen-bond donors (Lipinski definition) is 1. The van der Waals surface area contributed by atoms with Crippen molar-refractivity contribution in [1.29, 1.82) is 0 Å². The summed E-state index contributed by atoms with van der Waals surface area (Å²) in [5.41, 5.74) is 1.02. The number of carbonyl (C=O) groups is 1. The van der Waals surface area contributed by atoms with E-state index in [4.69, 9.17) is 25.8 Å². The highest BCUT2D eigenvalue weighted by molar-refractivity contribution is 6.31. The highest BCUT2D eigenvalue weighted by atomic mass is 35.5. The van der Waals surface area contributed by atoms with Gasteiger partial charge in [-0.25, -0.2) is 14.4 Å². The first-order valence-electron chi connectivity index (χ1n) is 11.1. The molecule has 2 aliphatic heterocycles. The van der Waals surface area contributed by atoms with Gasteiger partial charge in [0.15, 0.2) is 11.5 Å². The van der Waals surface area contributed by atoms with Crippen LogP contribution in [0.5, 0.6) is 11.5 Å². The van der Waals surface area contributed by atoms with Crippen LogP contribution in [0.1, 0.15) is 19.3 Å². The van der Waals surface area contributed by atoms with E-state index in [1.807, 2.05) is 6.07 Å². The van der Waals surface area contributed by atoms with Crippen LogP contribution in [0, 0.1) is 5.82 Å². The van der Waals surface area contributed by atoms with Gasteiger partial charge in [0.2, 0.25) is 0 Å². The van der Waals surface area contributed by atoms with E-state index in [1.54, 1.807) is 19.2 Å². The average Bonchev–Trinajstić information content (AvgIpc) is 3.20. The Bertz CT molecular complexity index is 1240. The zero-order valence-electron chi connectivity index (χ0n) is 18.6. The summed E-state index contributed by atoms with van der Waals surface area (Å²) >= 11 is 5.90. The smallest absolute Gasteiger partial charge is 0.306 e. The van der Waals surface area contributed by atoms with E-state index in [1.165, 1.54) is 18.5 Å². The average molecular weight is 487 g/mol. The number of nitrogens with zero attached hydrogens (tertiary/aromatic N) is 3. The molecule has 1 spiro atoms. The van der Waals surface area contributed by atoms with Crippen molar-refractivity contribution in [3.8, 4) is 11.5 Å². The van der Waals surface area contributed by atoms with Gasteiger partial charge in [-0.3, -0.25) is 9.69 Å². The highest BCUT2D eigenvalue weighted by Gasteiger charge is 2.49. The first-order valence-corrected chi connectivity index (χ1v) is 11.4. The minimum Gasteiger partial charge on any atom is -0.493 e. The summed E-state index contributed by atoms with van der Waals surface area (Å²) in [5, 5.41) is 3.91. The largest absolute Gasteiger partial charge is 0.493 e. The molecule has 0 saturated carbocycles. The molecule has 34 heavy (non-hydrogen) atoms. The van der Waals surface area contributed by atoms with E-state index >= 15 is 0 Å². The fraction of sp³-hybridized carbons (Fsp3) is 0.375. The van der Waals surface area contributed by atoms with E-state index in [9.17, 15) is 9.18 Å². The fourth-order valence-corrected chi connectivity index (χ4v) is 4.62. The van der Waals surface area contributed by atoms with Gasteiger partial charge < -0.3 is 19.5 Å². The number of likely N-dealkylation sites (tertiary alicyclic amines) is 1. The van der Waals surface area contributed by atoms with Gasteiger partial charge in [0.25, 0.3) is 0 Å². The number of nitrogens with one attached hydrogen (secondary N) is 1. The third kappa shape index (κ3) is 4.58. The quantitative estimate of drug-likeness (QED) is 0.372. The van der Waals surface area contributed by atoms with Gasteiger partial charge in [0, 0.05) is 49.6 Å². The van der Waals surface area contributed by atoms with Crippen molar-refractivity contribution in [3.05, 3.63) is 47.5 Å². The molecule has 1 N–H and O–H groups in total. The summed E-state index contributed by atoms with van der Waals surface area (Å²) in [6.45, 7) is 2.93. The molecule has 0 atom stereocenters. The molecule has 0 unspecified atom stereocenters. The van der Waals surface area contributed by atoms with Crippen LogP contribution in [0.25, 0.3) is 10.9 Å². The number of carbonyl (C=O) groups excluding carboxylic acids is 1. The predicted octanol–water partition coefficient (Wildman–Crippen LogP) is 4.33. The van der Waals surface area contributed by atoms with Crippen LogP contribution in [0.3, 0.4) is 0 Å². The third-order valence-corrected chi connectivity index (χ3v) is 6.41. The SMILES string of the molecule is COc1cc2ncnc(Nc3ccc(F)c(Cl)c3)c2cc1OCCCN1CC2(CCC(=O)O2)C1. The number of benzene rings is 2. The van der Waals surface area contributed by atoms with Gasteiger partial charge in [-0.05, 0) is 30.7 Å². The molecular formula is C24H24ClFN4O4. The Morgan fingerprint density at radius 2 is 2.09 bits per heavy atom. The lowest BCUT2D eigenvalue weighted by atomic mass is 9.91. The zero-order valence-corrected chi connectivity index (χ0v) is 19.4. The van der Waals surface area contributed by atoms with Crippen molar-refractivity contribution in [2.75, 3.05) is 38.7 Å². The Kier molecular flexibility index (Phi) is 6.14. The topological polar surface area (TPSA) is 85.8 Å². The van der Waals surface area contributed by atoms with E-state index in [2.05, 4.69) is 20.2 Å². The number of esters is 1. The standard InChI is InChI=1S/C24H24ClFN4O4/c1-32-20-11-19-16(23(28-14-27-19)29-15-3-4-18(26)17(25)9-15)10-21(20)33-8-2-7-30-12-24(13-30)6-5-22(31)34-24/h3-4,9-11,14H,2,5-8,12-13H2,1H3,(H,27,28,29). The van der Waals surface area contributed by atoms with Gasteiger partial charge in [0.1, 0.15) is 23.6 Å². The number of aromatic nitrogens is 2. The first-order chi connectivity index (χ1) is 16.4. The van der Waals surface area contributed by atoms with Gasteiger partial charge in [-0.15, -0.1) is 0 Å². The van der Waals surface area contributed by atoms with Crippen molar-refractivity contribution in [3.63, 3.8) is 0 Å². The second-order valence-corrected chi connectivity index (χ2v) is 8.97. The Hall–Kier alpha value is -3.17. The van der Waals surface area contributed by atoms with E-state index < -0.39 is 5.82 Å². The molecule has 0 amide bonds. The lowest BCUT2D eigenvalue weighted by Gasteiger charge is -2.46. The first kappa shape index (κ1) is 22.6. The molecule has 0 radical (unpaired) electrons. The van der Waals surface area contributed by atoms with Crippen molar-refractivity contribution >= 4 is 40.0 Å². The highest BCUT2D eigenvalue weighted by Crippen LogP contribution is 2.37. The molecule has 178 valence electrons. The number of rotatable bonds is 8. The van der Waals surface area contributed by atoms with Gasteiger partial charge >= 0.3 is 5.97 Å². The van der Waals surface area contributed by atoms with Crippen LogP contribution < -0.4 is 14.8 Å². The molecule has 8 nitrogen and oxygen atoms in total. The Balaban J connectivity index is 1.25. The summed E-state index contributed by atoms with van der Waals surface area (Å²) in [6, 6.07) is 8.00. The summed E-state index contributed by atoms with van der Waals surface area (Å²) < 4.78 is 30.5. The predicted molar refractivity (Wildman–Crippen MR) is 125 cm³/mol.